The Morgan fingerprint density at radius 2 is 0.774 bits per heavy atom. The number of hydrogen-bond donors (Lipinski definition) is 0. The fourth-order valence-electron chi connectivity index (χ4n) is 16.4. The second kappa shape index (κ2) is 45.8. The van der Waals surface area contributed by atoms with Gasteiger partial charge in [0.05, 0.1) is 47.3 Å². The van der Waals surface area contributed by atoms with Gasteiger partial charge in [-0.25, -0.2) is 31.8 Å². The molecule has 30 heteroatoms. The van der Waals surface area contributed by atoms with E-state index < -0.39 is 50.3 Å². The molecule has 0 saturated heterocycles. The molecule has 0 fully saturated rings. The van der Waals surface area contributed by atoms with Crippen molar-refractivity contribution in [2.45, 2.75) is 150 Å². The molecular weight excluding hydrogens is 2070 g/mol. The van der Waals surface area contributed by atoms with Gasteiger partial charge in [-0.3, -0.25) is 27.7 Å². The Kier molecular flexibility index (Phi) is 34.2. The Morgan fingerprint density at radius 1 is 0.390 bits per heavy atom. The SMILES string of the molecule is CC(=O)OC(C)=O.CC(C)(C)c1cc(-c2ccccc2)cc(-[n+]2cn(-c3cccc(Oc4ccc5c6ccccc6n(-c6cc(C(C)(C)C)ccn6)c5c4)c3)c3ccccc32)c1.CC(C)(C)c1ccnc(-n2c3ccccc3c3ccc(Oc4cccc(-n5cnc6ccccc65)c4)cc32)c1.Cc1cc(C)c([I+]c2cc(-c3ccccc3)cc(C(C)(C)C)c2)c(C)c1.O=S(=O)([O-])C(F)(F)F.O=S(=O)([O-])C(F)(F)F.[2H]CF.[Cu]. The standard InChI is InChI=1S/C50H45N4O.C34H28N4O.C25H28I.C4H6O3.2CHF3O3S.CH3F.Cu/c1-49(2,3)36-25-26-51-48(30-36)54-44-20-11-10-19-42(44)43-24-23-41(32-47(43)54)55-40-18-14-17-38(31-40)52-33-53(46-22-13-12-21-45(46)52)39-28-35(34-15-8-7-9-16-34)27-37(29-39)50(4,5)6;1-34(2,3)23-17-18-35-33(19-23)38-30-13-6-4-11-27(30)28-16-15-26(21-32(28)38)39-25-10-8-9-24(20-25)37-22-36-29-12-5-7-14-31(29)37;1-17-12-18(2)24(19(3)13-17)26-23-15-21(20-10-8-7-9-11-20)14-22(16-23)25(4,5)6;1-3(5)7-4(2)6;2*2-1(3,4)8(5,6)7;1-2;/h7-33H,1-6H3;4-22H,1-3H3;7-16H,1-6H3;1-2H3;2*(H,5,6,7);1H3;/q+1;;+1;;;;;/p-2/i;;;;;;1D;. The van der Waals surface area contributed by atoms with Crippen molar-refractivity contribution in [3.63, 3.8) is 0 Å². The summed E-state index contributed by atoms with van der Waals surface area (Å²) >= 11 is -0.201. The minimum absolute atomic E-state index is 0. The van der Waals surface area contributed by atoms with Crippen molar-refractivity contribution in [3.05, 3.63) is 387 Å². The van der Waals surface area contributed by atoms with E-state index in [1.807, 2.05) is 67.3 Å². The molecule has 0 aliphatic rings. The molecule has 1 radical (unpaired) electrons. The van der Waals surface area contributed by atoms with E-state index >= 15 is 0 Å². The Labute approximate surface area is 867 Å². The minimum Gasteiger partial charge on any atom is -0.741 e. The van der Waals surface area contributed by atoms with Crippen molar-refractivity contribution in [1.82, 2.24) is 33.2 Å². The Bertz CT molecular complexity index is 8140. The number of hydrogen-bond acceptors (Lipinski definition) is 14. The molecule has 19 aromatic rings. The number of aromatic nitrogens is 8. The molecule has 19 nitrogen and oxygen atoms in total. The number of aryl methyl sites for hydroxylation is 3. The third-order valence-electron chi connectivity index (χ3n) is 23.4. The zero-order valence-electron chi connectivity index (χ0n) is 84.2. The van der Waals surface area contributed by atoms with E-state index in [-0.39, 0.29) is 59.9 Å². The number of halogens is 8. The molecule has 0 saturated carbocycles. The maximum atomic E-state index is 10.7. The summed E-state index contributed by atoms with van der Waals surface area (Å²) in [7, 11) is -13.2. The van der Waals surface area contributed by atoms with Crippen LogP contribution in [0.4, 0.5) is 30.7 Å². The Morgan fingerprint density at radius 3 is 1.21 bits per heavy atom. The first-order chi connectivity index (χ1) is 68.7. The van der Waals surface area contributed by atoms with Crippen LogP contribution in [0.1, 0.15) is 137 Å². The van der Waals surface area contributed by atoms with Crippen LogP contribution in [0.2, 0.25) is 0 Å². The van der Waals surface area contributed by atoms with Gasteiger partial charge in [-0.1, -0.05) is 246 Å². The number of carbonyl (C=O) groups is 2. The summed E-state index contributed by atoms with van der Waals surface area (Å²) in [5.74, 6) is 3.74. The molecule has 6 aromatic heterocycles. The zero-order chi connectivity index (χ0) is 106. The van der Waals surface area contributed by atoms with Crippen molar-refractivity contribution in [2.75, 3.05) is 7.15 Å². The van der Waals surface area contributed by atoms with E-state index in [9.17, 15) is 40.3 Å². The molecular formula is C116H110CuF7IN8O11S2. The fraction of sp³-hybridized carbons (Fsp3) is 0.207. The van der Waals surface area contributed by atoms with Crippen molar-refractivity contribution < 1.29 is 125 Å². The molecule has 0 aliphatic heterocycles. The molecule has 146 heavy (non-hydrogen) atoms. The minimum atomic E-state index is -6.09. The van der Waals surface area contributed by atoms with Crippen LogP contribution in [0.5, 0.6) is 23.0 Å². The monoisotopic (exact) mass is 2180 g/mol. The molecule has 0 amide bonds. The van der Waals surface area contributed by atoms with Crippen LogP contribution in [-0.4, -0.2) is 89.3 Å². The fourth-order valence-corrected chi connectivity index (χ4v) is 19.1. The van der Waals surface area contributed by atoms with Crippen LogP contribution in [0.25, 0.3) is 117 Å². The molecule has 0 aliphatic carbocycles. The number of imidazole rings is 2. The topological polar surface area (TPSA) is 238 Å². The van der Waals surface area contributed by atoms with Gasteiger partial charge in [0.15, 0.2) is 38.4 Å². The molecule has 19 rings (SSSR count). The van der Waals surface area contributed by atoms with E-state index in [1.54, 1.807) is 3.57 Å². The van der Waals surface area contributed by atoms with Crippen molar-refractivity contribution in [3.8, 4) is 73.9 Å². The van der Waals surface area contributed by atoms with Gasteiger partial charge < -0.3 is 23.3 Å². The third kappa shape index (κ3) is 27.0. The van der Waals surface area contributed by atoms with E-state index in [0.717, 1.165) is 101 Å². The number of fused-ring (bicyclic) bond motifs is 8. The molecule has 0 atom stereocenters. The summed E-state index contributed by atoms with van der Waals surface area (Å²) in [6.07, 6.45) is 7.87. The average Bonchev–Trinajstić information content (AvgIpc) is 1.59. The number of nitrogens with zero attached hydrogens (tertiary/aromatic N) is 8. The summed E-state index contributed by atoms with van der Waals surface area (Å²) in [5.41, 5.74) is 15.1. The van der Waals surface area contributed by atoms with Gasteiger partial charge in [0.25, 0.3) is 6.33 Å². The van der Waals surface area contributed by atoms with Gasteiger partial charge in [0.1, 0.15) is 52.3 Å². The summed E-state index contributed by atoms with van der Waals surface area (Å²) < 4.78 is 165. The number of alkyl halides is 7. The van der Waals surface area contributed by atoms with Crippen LogP contribution in [0.3, 0.4) is 0 Å². The number of para-hydroxylation sites is 6. The molecule has 6 heterocycles. The summed E-state index contributed by atoms with van der Waals surface area (Å²) in [5, 5.41) is 4.70. The van der Waals surface area contributed by atoms with Crippen molar-refractivity contribution >= 4 is 97.9 Å². The molecule has 13 aromatic carbocycles. The van der Waals surface area contributed by atoms with E-state index in [1.165, 1.54) is 94.8 Å². The number of carbonyl (C=O) groups excluding carboxylic acids is 2. The third-order valence-corrected chi connectivity index (χ3v) is 28.0. The summed E-state index contributed by atoms with van der Waals surface area (Å²) in [4.78, 5) is 33.8. The largest absolute Gasteiger partial charge is 0.741 e. The van der Waals surface area contributed by atoms with Crippen LogP contribution in [-0.2, 0) is 73.3 Å². The second-order valence-electron chi connectivity index (χ2n) is 38.4. The molecule has 0 spiro atoms. The van der Waals surface area contributed by atoms with E-state index in [0.29, 0.717) is 0 Å². The van der Waals surface area contributed by atoms with Crippen LogP contribution in [0, 0.1) is 27.9 Å². The van der Waals surface area contributed by atoms with Crippen LogP contribution >= 0.6 is 0 Å². The first kappa shape index (κ1) is 109. The van der Waals surface area contributed by atoms with Gasteiger partial charge in [0.2, 0.25) is 0 Å². The van der Waals surface area contributed by atoms with Crippen molar-refractivity contribution in [2.24, 2.45) is 0 Å². The number of ether oxygens (including phenoxy) is 3. The van der Waals surface area contributed by atoms with Crippen molar-refractivity contribution in [1.29, 1.82) is 0 Å². The predicted molar refractivity (Wildman–Crippen MR) is 554 cm³/mol. The number of pyridine rings is 2. The normalized spacial score (nSPS) is 11.9. The van der Waals surface area contributed by atoms with E-state index in [4.69, 9.17) is 46.8 Å². The maximum absolute atomic E-state index is 10.7. The van der Waals surface area contributed by atoms with Gasteiger partial charge in [-0.2, -0.15) is 35.5 Å². The maximum Gasteiger partial charge on any atom is 0.485 e. The summed E-state index contributed by atoms with van der Waals surface area (Å²) in [6.45, 7) is 36.2. The number of esters is 2. The van der Waals surface area contributed by atoms with Gasteiger partial charge in [-0.05, 0) is 220 Å². The number of benzene rings is 13. The van der Waals surface area contributed by atoms with Gasteiger partial charge in [-0.15, -0.1) is 0 Å². The predicted octanol–water partition coefficient (Wildman–Crippen LogP) is 25.5. The zero-order valence-corrected chi connectivity index (χ0v) is 88.0. The second-order valence-corrected chi connectivity index (χ2v) is 44.0. The Hall–Kier alpha value is -14.0. The molecule has 0 bridgehead atoms. The quantitative estimate of drug-likeness (QED) is 0.0152. The van der Waals surface area contributed by atoms with Gasteiger partial charge in [0, 0.05) is 100 Å². The average molecular weight is 2180 g/mol. The van der Waals surface area contributed by atoms with Crippen LogP contribution < -0.4 is 35.2 Å². The molecule has 759 valence electrons. The number of rotatable bonds is 13. The summed E-state index contributed by atoms with van der Waals surface area (Å²) in [6, 6.07) is 112. The van der Waals surface area contributed by atoms with Crippen LogP contribution in [0.15, 0.2) is 340 Å². The first-order valence-corrected chi connectivity index (χ1v) is 51.0. The smallest absolute Gasteiger partial charge is 0.485 e. The Balaban J connectivity index is 0.000000181. The van der Waals surface area contributed by atoms with Gasteiger partial charge >= 0.3 is 44.2 Å². The van der Waals surface area contributed by atoms with E-state index in [2.05, 4.69) is 410 Å². The molecule has 0 unspecified atom stereocenters. The molecule has 0 N–H and O–H groups in total. The first-order valence-electron chi connectivity index (χ1n) is 46.7.